The van der Waals surface area contributed by atoms with Crippen LogP contribution in [-0.4, -0.2) is 19.6 Å². The average Bonchev–Trinajstić information content (AvgIpc) is 2.24. The molecule has 0 fully saturated rings. The van der Waals surface area contributed by atoms with Crippen molar-refractivity contribution in [1.29, 1.82) is 0 Å². The Morgan fingerprint density at radius 2 is 2.00 bits per heavy atom. The maximum Gasteiger partial charge on any atom is 0.418 e. The van der Waals surface area contributed by atoms with Gasteiger partial charge in [0.15, 0.2) is 0 Å². The summed E-state index contributed by atoms with van der Waals surface area (Å²) in [6.45, 7) is 3.00. The Kier molecular flexibility index (Phi) is 4.82. The van der Waals surface area contributed by atoms with Crippen LogP contribution in [0.4, 0.5) is 18.9 Å². The van der Waals surface area contributed by atoms with Gasteiger partial charge >= 0.3 is 6.18 Å². The van der Waals surface area contributed by atoms with Gasteiger partial charge in [-0.05, 0) is 25.1 Å². The molecule has 0 aliphatic rings. The third-order valence-corrected chi connectivity index (χ3v) is 2.88. The number of nitrogens with two attached hydrogens (primary N) is 1. The lowest BCUT2D eigenvalue weighted by Crippen LogP contribution is -2.31. The zero-order valence-corrected chi connectivity index (χ0v) is 11.0. The summed E-state index contributed by atoms with van der Waals surface area (Å²) in [6.07, 6.45) is -4.35. The van der Waals surface area contributed by atoms with Crippen LogP contribution in [0.3, 0.4) is 0 Å². The first-order valence-corrected chi connectivity index (χ1v) is 6.01. The topological polar surface area (TPSA) is 29.3 Å². The lowest BCUT2D eigenvalue weighted by Gasteiger charge is -2.26. The van der Waals surface area contributed by atoms with Crippen molar-refractivity contribution in [1.82, 2.24) is 0 Å². The lowest BCUT2D eigenvalue weighted by molar-refractivity contribution is -0.137. The molecule has 0 aliphatic heterocycles. The van der Waals surface area contributed by atoms with E-state index in [0.29, 0.717) is 24.1 Å². The van der Waals surface area contributed by atoms with Crippen LogP contribution in [-0.2, 0) is 6.18 Å². The van der Waals surface area contributed by atoms with Crippen molar-refractivity contribution in [2.45, 2.75) is 13.1 Å². The molecule has 0 radical (unpaired) electrons. The minimum absolute atomic E-state index is 0.167. The van der Waals surface area contributed by atoms with E-state index in [1.807, 2.05) is 0 Å². The number of alkyl halides is 3. The van der Waals surface area contributed by atoms with Crippen LogP contribution >= 0.6 is 15.9 Å². The highest BCUT2D eigenvalue weighted by Gasteiger charge is 2.34. The molecule has 0 amide bonds. The molecule has 0 bridgehead atoms. The normalized spacial score (nSPS) is 11.6. The fraction of sp³-hybridized carbons (Fsp3) is 0.455. The molecule has 2 N–H and O–H groups in total. The number of rotatable bonds is 4. The first-order chi connectivity index (χ1) is 7.90. The van der Waals surface area contributed by atoms with Crippen molar-refractivity contribution in [3.8, 4) is 0 Å². The fourth-order valence-electron chi connectivity index (χ4n) is 1.61. The van der Waals surface area contributed by atoms with Crippen LogP contribution in [0, 0.1) is 0 Å². The number of benzene rings is 1. The van der Waals surface area contributed by atoms with Gasteiger partial charge in [0.1, 0.15) is 0 Å². The van der Waals surface area contributed by atoms with E-state index >= 15 is 0 Å². The Labute approximate surface area is 107 Å². The molecular weight excluding hydrogens is 297 g/mol. The Morgan fingerprint density at radius 1 is 1.35 bits per heavy atom. The summed E-state index contributed by atoms with van der Waals surface area (Å²) in [5.41, 5.74) is 4.94. The van der Waals surface area contributed by atoms with Gasteiger partial charge in [0, 0.05) is 24.1 Å². The van der Waals surface area contributed by atoms with Crippen molar-refractivity contribution in [2.75, 3.05) is 24.5 Å². The summed E-state index contributed by atoms with van der Waals surface area (Å²) >= 11 is 3.19. The van der Waals surface area contributed by atoms with Gasteiger partial charge in [0.2, 0.25) is 0 Å². The maximum absolute atomic E-state index is 12.8. The molecule has 2 nitrogen and oxygen atoms in total. The quantitative estimate of drug-likeness (QED) is 0.925. The standard InChI is InChI=1S/C11H14BrF3N2/c1-2-17(6-5-16)10-7-8(12)3-4-9(10)11(13,14)15/h3-4,7H,2,5-6,16H2,1H3. The summed E-state index contributed by atoms with van der Waals surface area (Å²) in [5.74, 6) is 0. The zero-order chi connectivity index (χ0) is 13.1. The summed E-state index contributed by atoms with van der Waals surface area (Å²) in [4.78, 5) is 1.62. The first-order valence-electron chi connectivity index (χ1n) is 5.22. The second-order valence-corrected chi connectivity index (χ2v) is 4.44. The molecule has 0 saturated carbocycles. The monoisotopic (exact) mass is 310 g/mol. The van der Waals surface area contributed by atoms with Crippen molar-refractivity contribution in [3.63, 3.8) is 0 Å². The summed E-state index contributed by atoms with van der Waals surface area (Å²) in [7, 11) is 0. The van der Waals surface area contributed by atoms with Crippen molar-refractivity contribution in [2.24, 2.45) is 5.73 Å². The van der Waals surface area contributed by atoms with E-state index in [9.17, 15) is 13.2 Å². The number of nitrogens with zero attached hydrogens (tertiary/aromatic N) is 1. The molecule has 0 spiro atoms. The predicted molar refractivity (Wildman–Crippen MR) is 66.1 cm³/mol. The van der Waals surface area contributed by atoms with E-state index < -0.39 is 11.7 Å². The Hall–Kier alpha value is -0.750. The molecule has 1 rings (SSSR count). The van der Waals surface area contributed by atoms with Gasteiger partial charge in [-0.2, -0.15) is 13.2 Å². The van der Waals surface area contributed by atoms with E-state index in [-0.39, 0.29) is 5.69 Å². The summed E-state index contributed by atoms with van der Waals surface area (Å²) in [6, 6.07) is 3.95. The predicted octanol–water partition coefficient (Wildman–Crippen LogP) is 3.25. The molecule has 1 aromatic rings. The van der Waals surface area contributed by atoms with Crippen LogP contribution in [0.15, 0.2) is 22.7 Å². The lowest BCUT2D eigenvalue weighted by atomic mass is 10.1. The summed E-state index contributed by atoms with van der Waals surface area (Å²) < 4.78 is 39.2. The van der Waals surface area contributed by atoms with Gasteiger partial charge in [0.05, 0.1) is 11.3 Å². The maximum atomic E-state index is 12.8. The van der Waals surface area contributed by atoms with Crippen LogP contribution in [0.5, 0.6) is 0 Å². The molecule has 1 aromatic carbocycles. The van der Waals surface area contributed by atoms with E-state index in [4.69, 9.17) is 5.73 Å². The van der Waals surface area contributed by atoms with E-state index in [1.165, 1.54) is 12.1 Å². The summed E-state index contributed by atoms with van der Waals surface area (Å²) in [5, 5.41) is 0. The smallest absolute Gasteiger partial charge is 0.370 e. The largest absolute Gasteiger partial charge is 0.418 e. The van der Waals surface area contributed by atoms with Crippen LogP contribution in [0.25, 0.3) is 0 Å². The first kappa shape index (κ1) is 14.3. The van der Waals surface area contributed by atoms with Gasteiger partial charge in [-0.25, -0.2) is 0 Å². The third kappa shape index (κ3) is 3.61. The van der Waals surface area contributed by atoms with Crippen molar-refractivity contribution < 1.29 is 13.2 Å². The van der Waals surface area contributed by atoms with Crippen LogP contribution < -0.4 is 10.6 Å². The van der Waals surface area contributed by atoms with E-state index in [1.54, 1.807) is 11.8 Å². The van der Waals surface area contributed by atoms with Crippen molar-refractivity contribution in [3.05, 3.63) is 28.2 Å². The molecule has 0 unspecified atom stereocenters. The van der Waals surface area contributed by atoms with Crippen molar-refractivity contribution >= 4 is 21.6 Å². The fourth-order valence-corrected chi connectivity index (χ4v) is 1.96. The molecule has 6 heteroatoms. The average molecular weight is 311 g/mol. The molecular formula is C11H14BrF3N2. The number of likely N-dealkylation sites (N-methyl/N-ethyl adjacent to an activating group) is 1. The number of halogens is 4. The van der Waals surface area contributed by atoms with E-state index in [2.05, 4.69) is 15.9 Å². The molecule has 0 heterocycles. The Bertz CT molecular complexity index is 379. The van der Waals surface area contributed by atoms with Gasteiger partial charge < -0.3 is 10.6 Å². The molecule has 17 heavy (non-hydrogen) atoms. The molecule has 0 saturated heterocycles. The zero-order valence-electron chi connectivity index (χ0n) is 9.39. The highest BCUT2D eigenvalue weighted by atomic mass is 79.9. The highest BCUT2D eigenvalue weighted by molar-refractivity contribution is 9.10. The van der Waals surface area contributed by atoms with Gasteiger partial charge in [-0.15, -0.1) is 0 Å². The van der Waals surface area contributed by atoms with Crippen LogP contribution in [0.1, 0.15) is 12.5 Å². The van der Waals surface area contributed by atoms with Gasteiger partial charge in [-0.3, -0.25) is 0 Å². The second-order valence-electron chi connectivity index (χ2n) is 3.53. The number of anilines is 1. The molecule has 0 aromatic heterocycles. The third-order valence-electron chi connectivity index (χ3n) is 2.39. The highest BCUT2D eigenvalue weighted by Crippen LogP contribution is 2.37. The molecule has 0 atom stereocenters. The molecule has 0 aliphatic carbocycles. The minimum Gasteiger partial charge on any atom is -0.370 e. The van der Waals surface area contributed by atoms with Gasteiger partial charge in [0.25, 0.3) is 0 Å². The van der Waals surface area contributed by atoms with E-state index in [0.717, 1.165) is 6.07 Å². The van der Waals surface area contributed by atoms with Gasteiger partial charge in [-0.1, -0.05) is 15.9 Å². The SMILES string of the molecule is CCN(CCN)c1cc(Br)ccc1C(F)(F)F. The second kappa shape index (κ2) is 5.73. The Balaban J connectivity index is 3.23. The number of hydrogen-bond acceptors (Lipinski definition) is 2. The Morgan fingerprint density at radius 3 is 2.47 bits per heavy atom. The minimum atomic E-state index is -4.35. The molecule has 96 valence electrons. The van der Waals surface area contributed by atoms with Crippen LogP contribution in [0.2, 0.25) is 0 Å². The number of hydrogen-bond donors (Lipinski definition) is 1.